The molecule has 0 aromatic carbocycles. The molecule has 0 aromatic rings. The summed E-state index contributed by atoms with van der Waals surface area (Å²) in [6.07, 6.45) is 23.2. The second-order valence-corrected chi connectivity index (χ2v) is 12.0. The summed E-state index contributed by atoms with van der Waals surface area (Å²) in [4.78, 5) is 0. The molecule has 0 atom stereocenters. The first-order chi connectivity index (χ1) is 20.2. The third-order valence-corrected chi connectivity index (χ3v) is 8.07. The van der Waals surface area contributed by atoms with Crippen molar-refractivity contribution >= 4 is 11.7 Å². The van der Waals surface area contributed by atoms with E-state index in [1.54, 1.807) is 0 Å². The van der Waals surface area contributed by atoms with E-state index >= 15 is 0 Å². The maximum atomic E-state index is 7.79. The Balaban J connectivity index is -0.000000252. The van der Waals surface area contributed by atoms with Crippen LogP contribution in [0.25, 0.3) is 10.8 Å². The second-order valence-electron chi connectivity index (χ2n) is 12.0. The van der Waals surface area contributed by atoms with Gasteiger partial charge in [-0.05, 0) is 25.7 Å². The molecule has 0 spiro atoms. The number of nitriles is 4. The number of allylic oxidation sites excluding steroid dienone is 2. The number of rotatable bonds is 14. The van der Waals surface area contributed by atoms with Gasteiger partial charge >= 0.3 is 51.4 Å². The van der Waals surface area contributed by atoms with Gasteiger partial charge in [0.2, 0.25) is 0 Å². The first-order valence-electron chi connectivity index (χ1n) is 16.0. The predicted octanol–water partition coefficient (Wildman–Crippen LogP) is 1.58. The van der Waals surface area contributed by atoms with Gasteiger partial charge in [0.1, 0.15) is 35.4 Å². The van der Waals surface area contributed by atoms with E-state index in [2.05, 4.69) is 27.9 Å². The van der Waals surface area contributed by atoms with Crippen LogP contribution in [0.1, 0.15) is 117 Å². The molecule has 2 aliphatic heterocycles. The molecule has 8 nitrogen and oxygen atoms in total. The Labute approximate surface area is 323 Å². The first-order valence-corrected chi connectivity index (χ1v) is 16.0. The molecule has 44 heavy (non-hydrogen) atoms. The number of likely N-dealkylation sites (tertiary alicyclic amines) is 2. The monoisotopic (exact) mass is 694 g/mol. The zero-order valence-corrected chi connectivity index (χ0v) is 33.2. The van der Waals surface area contributed by atoms with Gasteiger partial charge in [0.05, 0.1) is 53.4 Å². The number of nitrogens with zero attached hydrogens (tertiary/aromatic N) is 8. The van der Waals surface area contributed by atoms with Crippen LogP contribution in [-0.4, -0.2) is 74.1 Å². The van der Waals surface area contributed by atoms with Gasteiger partial charge in [0.15, 0.2) is 0 Å². The topological polar surface area (TPSA) is 140 Å². The van der Waals surface area contributed by atoms with Crippen LogP contribution in [-0.2, 0) is 0 Å². The van der Waals surface area contributed by atoms with E-state index in [1.165, 1.54) is 187 Å². The summed E-state index contributed by atoms with van der Waals surface area (Å²) in [5, 5.41) is 46.8. The van der Waals surface area contributed by atoms with Crippen LogP contribution in [0, 0.1) is 45.3 Å². The molecule has 0 aliphatic carbocycles. The summed E-state index contributed by atoms with van der Waals surface area (Å²) in [5.41, 5.74) is -0.806. The molecule has 0 N–H and O–H groups in total. The minimum atomic E-state index is -0.403. The number of quaternary nitrogens is 2. The van der Waals surface area contributed by atoms with Crippen LogP contribution in [0.4, 0.5) is 0 Å². The second kappa shape index (κ2) is 34.8. The molecule has 2 rings (SSSR count). The minimum absolute atomic E-state index is 0. The maximum absolute atomic E-state index is 7.79. The van der Waals surface area contributed by atoms with Crippen molar-refractivity contribution in [2.24, 2.45) is 0 Å². The van der Waals surface area contributed by atoms with Gasteiger partial charge in [0.25, 0.3) is 0 Å². The van der Waals surface area contributed by atoms with Crippen molar-refractivity contribution in [1.29, 1.82) is 21.0 Å². The molecule has 0 radical (unpaired) electrons. The average molecular weight is 696 g/mol. The molecule has 0 bridgehead atoms. The third kappa shape index (κ3) is 29.6. The zero-order valence-electron chi connectivity index (χ0n) is 28.5. The molecule has 0 aromatic heterocycles. The molecular weight excluding hydrogens is 639 g/mol. The van der Waals surface area contributed by atoms with Gasteiger partial charge in [-0.3, -0.25) is 0 Å². The maximum Gasteiger partial charge on any atom is 1.00 e. The van der Waals surface area contributed by atoms with E-state index < -0.39 is 11.1 Å². The molecule has 2 fully saturated rings. The van der Waals surface area contributed by atoms with Crippen molar-refractivity contribution in [1.82, 2.24) is 0 Å². The molecule has 240 valence electrons. The molecule has 10 heteroatoms. The Kier molecular flexibility index (Phi) is 39.3. The standard InChI is InChI=1S/2C13H28N.2C4N3.BrH.K/c2*1-3-4-5-6-7-8-11-14(2)12-9-10-13-14;2*5-1-4(2-6)3-7;;/h2*3-13H2,1-2H3;;;1H;/q2*+1;2*-1;;+1/p-1. The van der Waals surface area contributed by atoms with Crippen molar-refractivity contribution in [2.45, 2.75) is 117 Å². The SMILES string of the molecule is CCCCCCCC[N+]1(C)CCCC1.CCCCCCCC[N+]1(C)CCCC1.N#CC(=C=[N-])C#N.N#CC(=C=[N-])C#N.[Br-].[K+]. The van der Waals surface area contributed by atoms with Crippen LogP contribution in [0.3, 0.4) is 0 Å². The molecular formula is C34H56BrKN8. The van der Waals surface area contributed by atoms with Crippen LogP contribution in [0.15, 0.2) is 11.1 Å². The summed E-state index contributed by atoms with van der Waals surface area (Å²) in [7, 11) is 4.89. The molecule has 0 unspecified atom stereocenters. The first kappa shape index (κ1) is 49.8. The van der Waals surface area contributed by atoms with Crippen LogP contribution < -0.4 is 68.4 Å². The summed E-state index contributed by atoms with van der Waals surface area (Å²) in [6.45, 7) is 13.2. The fraction of sp³-hybridized carbons (Fsp3) is 0.765. The molecule has 2 aliphatic rings. The van der Waals surface area contributed by atoms with E-state index in [4.69, 9.17) is 31.9 Å². The van der Waals surface area contributed by atoms with Crippen molar-refractivity contribution in [3.8, 4) is 24.3 Å². The molecule has 2 saturated heterocycles. The fourth-order valence-corrected chi connectivity index (χ4v) is 5.34. The summed E-state index contributed by atoms with van der Waals surface area (Å²) < 4.78 is 2.74. The van der Waals surface area contributed by atoms with Crippen LogP contribution >= 0.6 is 0 Å². The van der Waals surface area contributed by atoms with E-state index in [1.807, 2.05) is 0 Å². The van der Waals surface area contributed by atoms with Crippen LogP contribution in [0.2, 0.25) is 0 Å². The van der Waals surface area contributed by atoms with Crippen molar-refractivity contribution < 1.29 is 77.3 Å². The van der Waals surface area contributed by atoms with Crippen LogP contribution in [0.5, 0.6) is 0 Å². The van der Waals surface area contributed by atoms with Gasteiger partial charge in [-0.25, -0.2) is 11.7 Å². The smallest absolute Gasteiger partial charge is 1.00 e. The van der Waals surface area contributed by atoms with Gasteiger partial charge in [-0.2, -0.15) is 21.0 Å². The molecule has 2 heterocycles. The average Bonchev–Trinajstić information content (AvgIpc) is 3.64. The number of hydrogen-bond acceptors (Lipinski definition) is 4. The number of unbranched alkanes of at least 4 members (excludes halogenated alkanes) is 10. The largest absolute Gasteiger partial charge is 1.00 e. The Hall–Kier alpha value is -1.10. The Morgan fingerprint density at radius 3 is 0.977 bits per heavy atom. The van der Waals surface area contributed by atoms with Gasteiger partial charge < -0.3 is 36.8 Å². The van der Waals surface area contributed by atoms with Gasteiger partial charge in [-0.1, -0.05) is 65.2 Å². The van der Waals surface area contributed by atoms with Gasteiger partial charge in [-0.15, -0.1) is 0 Å². The molecule has 0 amide bonds. The number of hydrogen-bond donors (Lipinski definition) is 0. The van der Waals surface area contributed by atoms with Crippen molar-refractivity contribution in [3.63, 3.8) is 0 Å². The fourth-order valence-electron chi connectivity index (χ4n) is 5.34. The molecule has 0 saturated carbocycles. The van der Waals surface area contributed by atoms with E-state index in [9.17, 15) is 0 Å². The van der Waals surface area contributed by atoms with E-state index in [-0.39, 0.29) is 68.4 Å². The third-order valence-electron chi connectivity index (χ3n) is 8.07. The normalized spacial score (nSPS) is 14.4. The summed E-state index contributed by atoms with van der Waals surface area (Å²) in [5.74, 6) is 2.79. The number of halogens is 1. The van der Waals surface area contributed by atoms with E-state index in [0.717, 1.165) is 0 Å². The summed E-state index contributed by atoms with van der Waals surface area (Å²) >= 11 is 0. The minimum Gasteiger partial charge on any atom is -1.00 e. The Morgan fingerprint density at radius 1 is 0.523 bits per heavy atom. The Bertz CT molecular complexity index is 865. The summed E-state index contributed by atoms with van der Waals surface area (Å²) in [6, 6.07) is 5.58. The Morgan fingerprint density at radius 2 is 0.773 bits per heavy atom. The van der Waals surface area contributed by atoms with Crippen molar-refractivity contribution in [3.05, 3.63) is 22.0 Å². The van der Waals surface area contributed by atoms with Gasteiger partial charge in [0, 0.05) is 25.7 Å². The quantitative estimate of drug-likeness (QED) is 0.0896. The zero-order chi connectivity index (χ0) is 32.0. The predicted molar refractivity (Wildman–Crippen MR) is 173 cm³/mol. The van der Waals surface area contributed by atoms with Crippen molar-refractivity contribution in [2.75, 3.05) is 53.4 Å². The van der Waals surface area contributed by atoms with E-state index in [0.29, 0.717) is 0 Å².